The number of pyridine rings is 1. The third kappa shape index (κ3) is 2.53. The minimum Gasteiger partial charge on any atom is -0.342 e. The fourth-order valence-corrected chi connectivity index (χ4v) is 2.54. The highest BCUT2D eigenvalue weighted by Crippen LogP contribution is 2.26. The molecule has 2 heterocycles. The lowest BCUT2D eigenvalue weighted by Crippen LogP contribution is -2.66. The second kappa shape index (κ2) is 5.61. The summed E-state index contributed by atoms with van der Waals surface area (Å²) in [5, 5.41) is 2.85. The van der Waals surface area contributed by atoms with E-state index in [4.69, 9.17) is 0 Å². The van der Waals surface area contributed by atoms with Crippen LogP contribution in [-0.2, 0) is 9.59 Å². The highest BCUT2D eigenvalue weighted by atomic mass is 16.2. The van der Waals surface area contributed by atoms with Crippen LogP contribution in [0.5, 0.6) is 0 Å². The summed E-state index contributed by atoms with van der Waals surface area (Å²) in [6, 6.07) is 2.63. The van der Waals surface area contributed by atoms with Crippen molar-refractivity contribution in [3.63, 3.8) is 0 Å². The molecule has 1 saturated heterocycles. The quantitative estimate of drug-likeness (QED) is 0.911. The molecule has 0 aromatic carbocycles. The van der Waals surface area contributed by atoms with Crippen LogP contribution in [0.2, 0.25) is 0 Å². The average Bonchev–Trinajstić information content (AvgIpc) is 2.40. The number of aromatic nitrogens is 1. The number of nitrogens with one attached hydrogen (secondary N) is 1. The third-order valence-corrected chi connectivity index (χ3v) is 3.57. The van der Waals surface area contributed by atoms with Gasteiger partial charge >= 0.3 is 0 Å². The zero-order chi connectivity index (χ0) is 14.9. The molecule has 108 valence electrons. The largest absolute Gasteiger partial charge is 0.342 e. The average molecular weight is 275 g/mol. The Hall–Kier alpha value is -1.91. The molecule has 5 heteroatoms. The van der Waals surface area contributed by atoms with E-state index in [0.29, 0.717) is 5.69 Å². The first-order valence-corrected chi connectivity index (χ1v) is 6.97. The molecule has 0 radical (unpaired) electrons. The Balaban J connectivity index is 2.45. The van der Waals surface area contributed by atoms with Crippen LogP contribution in [0.1, 0.15) is 27.7 Å². The third-order valence-electron chi connectivity index (χ3n) is 3.57. The first-order chi connectivity index (χ1) is 9.43. The molecular weight excluding hydrogens is 254 g/mol. The molecule has 1 fully saturated rings. The standard InChI is InChI=1S/C15H21N3O2/c1-9(2)12-15(20)18(11-6-5-7-16-8-11)13(10(3)4)14(19)17-12/h5-10,12-13H,1-4H3,(H,17,19). The van der Waals surface area contributed by atoms with Crippen molar-refractivity contribution in [2.45, 2.75) is 39.8 Å². The molecule has 1 aromatic rings. The fraction of sp³-hybridized carbons (Fsp3) is 0.533. The smallest absolute Gasteiger partial charge is 0.250 e. The summed E-state index contributed by atoms with van der Waals surface area (Å²) in [7, 11) is 0. The number of hydrogen-bond acceptors (Lipinski definition) is 3. The van der Waals surface area contributed by atoms with Crippen molar-refractivity contribution in [3.05, 3.63) is 24.5 Å². The van der Waals surface area contributed by atoms with Crippen molar-refractivity contribution >= 4 is 17.5 Å². The van der Waals surface area contributed by atoms with Crippen molar-refractivity contribution in [1.82, 2.24) is 10.3 Å². The molecule has 1 N–H and O–H groups in total. The minimum absolute atomic E-state index is 0.0345. The molecule has 0 spiro atoms. The van der Waals surface area contributed by atoms with Crippen LogP contribution in [0.4, 0.5) is 5.69 Å². The first-order valence-electron chi connectivity index (χ1n) is 6.97. The van der Waals surface area contributed by atoms with Crippen LogP contribution in [0.25, 0.3) is 0 Å². The SMILES string of the molecule is CC(C)C1NC(=O)C(C(C)C)N(c2cccnc2)C1=O. The van der Waals surface area contributed by atoms with E-state index in [1.165, 1.54) is 0 Å². The Morgan fingerprint density at radius 3 is 2.40 bits per heavy atom. The second-order valence-corrected chi connectivity index (χ2v) is 5.84. The van der Waals surface area contributed by atoms with Gasteiger partial charge < -0.3 is 5.32 Å². The van der Waals surface area contributed by atoms with Crippen LogP contribution in [0.15, 0.2) is 24.5 Å². The van der Waals surface area contributed by atoms with E-state index < -0.39 is 12.1 Å². The summed E-state index contributed by atoms with van der Waals surface area (Å²) in [4.78, 5) is 30.7. The number of carbonyl (C=O) groups excluding carboxylic acids is 2. The lowest BCUT2D eigenvalue weighted by molar-refractivity contribution is -0.135. The van der Waals surface area contributed by atoms with Gasteiger partial charge in [0.25, 0.3) is 5.91 Å². The second-order valence-electron chi connectivity index (χ2n) is 5.84. The van der Waals surface area contributed by atoms with Gasteiger partial charge in [0.15, 0.2) is 0 Å². The van der Waals surface area contributed by atoms with Gasteiger partial charge in [-0.1, -0.05) is 27.7 Å². The van der Waals surface area contributed by atoms with E-state index >= 15 is 0 Å². The van der Waals surface area contributed by atoms with E-state index in [2.05, 4.69) is 10.3 Å². The lowest BCUT2D eigenvalue weighted by atomic mass is 9.92. The number of carbonyl (C=O) groups is 2. The molecule has 20 heavy (non-hydrogen) atoms. The monoisotopic (exact) mass is 275 g/mol. The maximum Gasteiger partial charge on any atom is 0.250 e. The van der Waals surface area contributed by atoms with Gasteiger partial charge in [-0.2, -0.15) is 0 Å². The van der Waals surface area contributed by atoms with Crippen LogP contribution in [0, 0.1) is 11.8 Å². The van der Waals surface area contributed by atoms with Crippen LogP contribution < -0.4 is 10.2 Å². The molecule has 5 nitrogen and oxygen atoms in total. The summed E-state index contributed by atoms with van der Waals surface area (Å²) in [5.74, 6) is -0.0699. The van der Waals surface area contributed by atoms with Crippen molar-refractivity contribution < 1.29 is 9.59 Å². The number of piperazine rings is 1. The topological polar surface area (TPSA) is 62.3 Å². The molecule has 2 amide bonds. The molecule has 2 rings (SSSR count). The van der Waals surface area contributed by atoms with Gasteiger partial charge in [-0.15, -0.1) is 0 Å². The summed E-state index contributed by atoms with van der Waals surface area (Å²) < 4.78 is 0. The Morgan fingerprint density at radius 1 is 1.20 bits per heavy atom. The van der Waals surface area contributed by atoms with Crippen molar-refractivity contribution in [1.29, 1.82) is 0 Å². The predicted octanol–water partition coefficient (Wildman–Crippen LogP) is 1.59. The predicted molar refractivity (Wildman–Crippen MR) is 77.1 cm³/mol. The molecule has 0 bridgehead atoms. The van der Waals surface area contributed by atoms with Gasteiger partial charge in [0.1, 0.15) is 12.1 Å². The number of hydrogen-bond donors (Lipinski definition) is 1. The molecule has 1 aliphatic heterocycles. The van der Waals surface area contributed by atoms with Gasteiger partial charge in [0.05, 0.1) is 11.9 Å². The number of anilines is 1. The summed E-state index contributed by atoms with van der Waals surface area (Å²) in [6.45, 7) is 7.74. The first kappa shape index (κ1) is 14.5. The van der Waals surface area contributed by atoms with Gasteiger partial charge in [0, 0.05) is 6.20 Å². The maximum absolute atomic E-state index is 12.7. The van der Waals surface area contributed by atoms with E-state index in [-0.39, 0.29) is 23.7 Å². The molecule has 2 atom stereocenters. The minimum atomic E-state index is -0.485. The Labute approximate surface area is 119 Å². The van der Waals surface area contributed by atoms with Crippen LogP contribution in [0.3, 0.4) is 0 Å². The van der Waals surface area contributed by atoms with Crippen molar-refractivity contribution in [2.75, 3.05) is 4.90 Å². The Kier molecular flexibility index (Phi) is 4.06. The molecule has 2 unspecified atom stereocenters. The zero-order valence-electron chi connectivity index (χ0n) is 12.3. The number of nitrogens with zero attached hydrogens (tertiary/aromatic N) is 2. The van der Waals surface area contributed by atoms with Crippen LogP contribution >= 0.6 is 0 Å². The van der Waals surface area contributed by atoms with E-state index in [9.17, 15) is 9.59 Å². The summed E-state index contributed by atoms with van der Waals surface area (Å²) >= 11 is 0. The van der Waals surface area contributed by atoms with E-state index in [1.807, 2.05) is 33.8 Å². The molecule has 0 aliphatic carbocycles. The van der Waals surface area contributed by atoms with Gasteiger partial charge in [0.2, 0.25) is 5.91 Å². The van der Waals surface area contributed by atoms with Gasteiger partial charge in [-0.05, 0) is 24.0 Å². The fourth-order valence-electron chi connectivity index (χ4n) is 2.54. The van der Waals surface area contributed by atoms with Crippen LogP contribution in [-0.4, -0.2) is 28.9 Å². The zero-order valence-corrected chi connectivity index (χ0v) is 12.3. The Morgan fingerprint density at radius 2 is 1.90 bits per heavy atom. The lowest BCUT2D eigenvalue weighted by Gasteiger charge is -2.41. The normalized spacial score (nSPS) is 23.4. The summed E-state index contributed by atoms with van der Waals surface area (Å²) in [5.41, 5.74) is 0.678. The maximum atomic E-state index is 12.7. The van der Waals surface area contributed by atoms with E-state index in [0.717, 1.165) is 0 Å². The van der Waals surface area contributed by atoms with Gasteiger partial charge in [-0.25, -0.2) is 0 Å². The Bertz CT molecular complexity index is 499. The molecule has 1 aromatic heterocycles. The van der Waals surface area contributed by atoms with Crippen molar-refractivity contribution in [3.8, 4) is 0 Å². The summed E-state index contributed by atoms with van der Waals surface area (Å²) in [6.07, 6.45) is 3.28. The number of rotatable bonds is 3. The highest BCUT2D eigenvalue weighted by molar-refractivity contribution is 6.08. The molecule has 1 aliphatic rings. The number of amides is 2. The van der Waals surface area contributed by atoms with Gasteiger partial charge in [-0.3, -0.25) is 19.5 Å². The highest BCUT2D eigenvalue weighted by Gasteiger charge is 2.43. The van der Waals surface area contributed by atoms with E-state index in [1.54, 1.807) is 23.4 Å². The molecular formula is C15H21N3O2. The van der Waals surface area contributed by atoms with Crippen molar-refractivity contribution in [2.24, 2.45) is 11.8 Å². The molecule has 0 saturated carbocycles.